The van der Waals surface area contributed by atoms with E-state index in [2.05, 4.69) is 14.7 Å². The molecule has 2 heterocycles. The molecule has 0 aliphatic carbocycles. The fourth-order valence-electron chi connectivity index (χ4n) is 1.10. The van der Waals surface area contributed by atoms with E-state index < -0.39 is 11.9 Å². The smallest absolute Gasteiger partial charge is 0.321 e. The predicted octanol–water partition coefficient (Wildman–Crippen LogP) is -0.355. The first kappa shape index (κ1) is 7.85. The number of hydrogen-bond acceptors (Lipinski definition) is 5. The molecule has 5 nitrogen and oxygen atoms in total. The quantitative estimate of drug-likeness (QED) is 0.401. The van der Waals surface area contributed by atoms with Gasteiger partial charge in [-0.05, 0) is 6.07 Å². The highest BCUT2D eigenvalue weighted by Crippen LogP contribution is 2.04. The second-order valence-corrected chi connectivity index (χ2v) is 2.66. The number of carbonyl (C=O) groups is 2. The van der Waals surface area contributed by atoms with Crippen molar-refractivity contribution in [3.63, 3.8) is 0 Å². The third-order valence-electron chi connectivity index (χ3n) is 1.62. The Morgan fingerprint density at radius 1 is 1.23 bits per heavy atom. The summed E-state index contributed by atoms with van der Waals surface area (Å²) in [6, 6.07) is 1.63. The lowest BCUT2D eigenvalue weighted by Gasteiger charge is -2.07. The van der Waals surface area contributed by atoms with Gasteiger partial charge in [-0.1, -0.05) is 0 Å². The number of ether oxygens (including phenoxy) is 1. The molecule has 1 aromatic rings. The fraction of sp³-hybridized carbons (Fsp3) is 0.250. The zero-order chi connectivity index (χ0) is 9.26. The number of nitrogens with zero attached hydrogens (tertiary/aromatic N) is 2. The predicted molar refractivity (Wildman–Crippen MR) is 40.5 cm³/mol. The summed E-state index contributed by atoms with van der Waals surface area (Å²) in [5.41, 5.74) is 0.586. The van der Waals surface area contributed by atoms with Crippen LogP contribution >= 0.6 is 0 Å². The minimum atomic E-state index is -0.596. The van der Waals surface area contributed by atoms with E-state index in [-0.39, 0.29) is 12.8 Å². The van der Waals surface area contributed by atoms with E-state index in [1.54, 1.807) is 6.07 Å². The Bertz CT molecular complexity index is 344. The maximum atomic E-state index is 10.9. The summed E-state index contributed by atoms with van der Waals surface area (Å²) in [5.74, 6) is -0.758. The Morgan fingerprint density at radius 2 is 2.00 bits per heavy atom. The van der Waals surface area contributed by atoms with Crippen molar-refractivity contribution in [1.29, 1.82) is 0 Å². The van der Waals surface area contributed by atoms with Crippen LogP contribution in [0, 0.1) is 0 Å². The van der Waals surface area contributed by atoms with Gasteiger partial charge in [0.2, 0.25) is 0 Å². The van der Waals surface area contributed by atoms with Gasteiger partial charge in [0.1, 0.15) is 12.2 Å². The van der Waals surface area contributed by atoms with Crippen LogP contribution in [-0.2, 0) is 27.2 Å². The second kappa shape index (κ2) is 2.93. The molecule has 0 fully saturated rings. The number of fused-ring (bicyclic) bond motifs is 2. The van der Waals surface area contributed by atoms with Crippen LogP contribution in [0.5, 0.6) is 0 Å². The Hall–Kier alpha value is -1.78. The number of rotatable bonds is 0. The van der Waals surface area contributed by atoms with Gasteiger partial charge >= 0.3 is 11.9 Å². The second-order valence-electron chi connectivity index (χ2n) is 2.66. The van der Waals surface area contributed by atoms with Crippen LogP contribution in [-0.4, -0.2) is 21.9 Å². The van der Waals surface area contributed by atoms with Gasteiger partial charge in [0, 0.05) is 6.20 Å². The lowest BCUT2D eigenvalue weighted by Crippen LogP contribution is -2.21. The number of cyclic esters (lactones) is 2. The van der Waals surface area contributed by atoms with Gasteiger partial charge in [0.05, 0.1) is 12.1 Å². The first-order valence-corrected chi connectivity index (χ1v) is 3.78. The topological polar surface area (TPSA) is 69.2 Å². The zero-order valence-corrected chi connectivity index (χ0v) is 6.69. The van der Waals surface area contributed by atoms with Crippen molar-refractivity contribution >= 4 is 11.9 Å². The molecule has 0 radical (unpaired) electrons. The van der Waals surface area contributed by atoms with E-state index in [0.29, 0.717) is 11.5 Å². The molecule has 1 aromatic heterocycles. The minimum Gasteiger partial charge on any atom is -0.393 e. The van der Waals surface area contributed by atoms with Crippen molar-refractivity contribution in [2.24, 2.45) is 0 Å². The number of esters is 2. The molecule has 0 amide bonds. The summed E-state index contributed by atoms with van der Waals surface area (Å²) in [7, 11) is 0. The van der Waals surface area contributed by atoms with E-state index in [1.165, 1.54) is 6.20 Å². The van der Waals surface area contributed by atoms with Gasteiger partial charge in [-0.2, -0.15) is 0 Å². The summed E-state index contributed by atoms with van der Waals surface area (Å²) in [4.78, 5) is 29.7. The van der Waals surface area contributed by atoms with E-state index in [0.717, 1.165) is 0 Å². The molecule has 0 aromatic carbocycles. The highest BCUT2D eigenvalue weighted by Gasteiger charge is 2.17. The van der Waals surface area contributed by atoms with E-state index in [4.69, 9.17) is 0 Å². The summed E-state index contributed by atoms with van der Waals surface area (Å²) >= 11 is 0. The van der Waals surface area contributed by atoms with Gasteiger partial charge in [0.25, 0.3) is 0 Å². The van der Waals surface area contributed by atoms with Crippen molar-refractivity contribution in [1.82, 2.24) is 9.97 Å². The Labute approximate surface area is 73.8 Å². The zero-order valence-electron chi connectivity index (χ0n) is 6.69. The van der Waals surface area contributed by atoms with E-state index >= 15 is 0 Å². The first-order valence-electron chi connectivity index (χ1n) is 3.78. The third-order valence-corrected chi connectivity index (χ3v) is 1.62. The Kier molecular flexibility index (Phi) is 1.77. The van der Waals surface area contributed by atoms with Crippen molar-refractivity contribution in [3.8, 4) is 0 Å². The summed E-state index contributed by atoms with van der Waals surface area (Å²) < 4.78 is 4.45. The van der Waals surface area contributed by atoms with Crippen LogP contribution in [0.3, 0.4) is 0 Å². The van der Waals surface area contributed by atoms with Crippen LogP contribution in [0.25, 0.3) is 0 Å². The van der Waals surface area contributed by atoms with Crippen molar-refractivity contribution in [2.45, 2.75) is 12.8 Å². The molecule has 0 N–H and O–H groups in total. The lowest BCUT2D eigenvalue weighted by molar-refractivity contribution is -0.159. The molecule has 0 saturated carbocycles. The third kappa shape index (κ3) is 1.69. The molecule has 1 aliphatic rings. The van der Waals surface area contributed by atoms with Crippen LogP contribution in [0.15, 0.2) is 12.3 Å². The SMILES string of the molecule is O=C1Cc2ccnc(n2)CC(=O)O1. The van der Waals surface area contributed by atoms with Gasteiger partial charge in [0.15, 0.2) is 0 Å². The maximum absolute atomic E-state index is 10.9. The fourth-order valence-corrected chi connectivity index (χ4v) is 1.10. The summed E-state index contributed by atoms with van der Waals surface area (Å²) in [6.45, 7) is 0. The van der Waals surface area contributed by atoms with Crippen LogP contribution < -0.4 is 0 Å². The molecule has 1 aliphatic heterocycles. The molecule has 2 rings (SSSR count). The monoisotopic (exact) mass is 178 g/mol. The highest BCUT2D eigenvalue weighted by molar-refractivity contribution is 5.87. The average Bonchev–Trinajstić information content (AvgIpc) is 2.01. The van der Waals surface area contributed by atoms with Gasteiger partial charge in [-0.3, -0.25) is 9.59 Å². The maximum Gasteiger partial charge on any atom is 0.321 e. The molecule has 66 valence electrons. The molecular formula is C8H6N2O3. The summed E-state index contributed by atoms with van der Waals surface area (Å²) in [6.07, 6.45) is 1.52. The Morgan fingerprint density at radius 3 is 2.85 bits per heavy atom. The highest BCUT2D eigenvalue weighted by atomic mass is 16.6. The van der Waals surface area contributed by atoms with Gasteiger partial charge < -0.3 is 4.74 Å². The standard InChI is InChI=1S/C8H6N2O3/c11-7-3-5-1-2-9-6(10-5)4-8(12)13-7/h1-2H,3-4H2. The summed E-state index contributed by atoms with van der Waals surface area (Å²) in [5, 5.41) is 0. The molecule has 0 spiro atoms. The number of hydrogen-bond donors (Lipinski definition) is 0. The van der Waals surface area contributed by atoms with Gasteiger partial charge in [-0.25, -0.2) is 9.97 Å². The molecular weight excluding hydrogens is 172 g/mol. The van der Waals surface area contributed by atoms with Crippen molar-refractivity contribution < 1.29 is 14.3 Å². The largest absolute Gasteiger partial charge is 0.393 e. The molecule has 0 unspecified atom stereocenters. The number of carbonyl (C=O) groups excluding carboxylic acids is 2. The molecule has 0 saturated heterocycles. The number of aromatic nitrogens is 2. The van der Waals surface area contributed by atoms with E-state index in [9.17, 15) is 9.59 Å². The molecule has 13 heavy (non-hydrogen) atoms. The van der Waals surface area contributed by atoms with Crippen LogP contribution in [0.4, 0.5) is 0 Å². The van der Waals surface area contributed by atoms with Crippen LogP contribution in [0.1, 0.15) is 11.5 Å². The van der Waals surface area contributed by atoms with Crippen molar-refractivity contribution in [2.75, 3.05) is 0 Å². The van der Waals surface area contributed by atoms with Crippen molar-refractivity contribution in [3.05, 3.63) is 23.8 Å². The molecule has 5 heteroatoms. The normalized spacial score (nSPS) is 16.0. The average molecular weight is 178 g/mol. The minimum absolute atomic E-state index is 0.0290. The molecule has 0 atom stereocenters. The lowest BCUT2D eigenvalue weighted by atomic mass is 10.2. The van der Waals surface area contributed by atoms with E-state index in [1.807, 2.05) is 0 Å². The first-order chi connectivity index (χ1) is 6.24. The Balaban J connectivity index is 2.40. The molecule has 2 bridgehead atoms. The van der Waals surface area contributed by atoms with Gasteiger partial charge in [-0.15, -0.1) is 0 Å². The van der Waals surface area contributed by atoms with Crippen LogP contribution in [0.2, 0.25) is 0 Å².